The van der Waals surface area contributed by atoms with E-state index in [1.165, 1.54) is 22.8 Å². The van der Waals surface area contributed by atoms with Crippen molar-refractivity contribution >= 4 is 27.0 Å². The van der Waals surface area contributed by atoms with Crippen LogP contribution in [0, 0.1) is 11.6 Å². The molecule has 2 aromatic rings. The zero-order chi connectivity index (χ0) is 14.8. The molecule has 1 aromatic carbocycles. The van der Waals surface area contributed by atoms with E-state index in [9.17, 15) is 17.2 Å². The van der Waals surface area contributed by atoms with Crippen LogP contribution >= 0.6 is 11.3 Å². The summed E-state index contributed by atoms with van der Waals surface area (Å²) >= 11 is 1.29. The average molecular weight is 318 g/mol. The smallest absolute Gasteiger partial charge is 0.262 e. The van der Waals surface area contributed by atoms with E-state index in [-0.39, 0.29) is 10.6 Å². The van der Waals surface area contributed by atoms with Gasteiger partial charge in [0.2, 0.25) is 0 Å². The predicted molar refractivity (Wildman–Crippen MR) is 74.2 cm³/mol. The molecule has 0 aliphatic rings. The van der Waals surface area contributed by atoms with E-state index >= 15 is 0 Å². The highest BCUT2D eigenvalue weighted by atomic mass is 32.2. The Morgan fingerprint density at radius 1 is 1.15 bits per heavy atom. The van der Waals surface area contributed by atoms with E-state index < -0.39 is 21.7 Å². The van der Waals surface area contributed by atoms with Crippen molar-refractivity contribution in [1.29, 1.82) is 0 Å². The number of halogens is 2. The fraction of sp³-hybridized carbons (Fsp3) is 0.167. The Morgan fingerprint density at radius 2 is 1.80 bits per heavy atom. The largest absolute Gasteiger partial charge is 0.315 e. The molecule has 4 nitrogen and oxygen atoms in total. The van der Waals surface area contributed by atoms with Gasteiger partial charge in [0, 0.05) is 22.9 Å². The van der Waals surface area contributed by atoms with Crippen LogP contribution in [0.25, 0.3) is 0 Å². The fourth-order valence-electron chi connectivity index (χ4n) is 1.60. The van der Waals surface area contributed by atoms with Crippen molar-refractivity contribution in [3.05, 3.63) is 46.2 Å². The van der Waals surface area contributed by atoms with Gasteiger partial charge in [-0.1, -0.05) is 0 Å². The summed E-state index contributed by atoms with van der Waals surface area (Å²) in [6.07, 6.45) is 0. The van der Waals surface area contributed by atoms with Crippen molar-refractivity contribution in [2.45, 2.75) is 11.4 Å². The Balaban J connectivity index is 2.25. The lowest BCUT2D eigenvalue weighted by molar-refractivity contribution is 0.584. The molecular formula is C12H12F2N2O2S2. The molecule has 1 heterocycles. The monoisotopic (exact) mass is 318 g/mol. The van der Waals surface area contributed by atoms with E-state index in [2.05, 4.69) is 10.0 Å². The molecule has 2 rings (SSSR count). The van der Waals surface area contributed by atoms with Crippen LogP contribution in [-0.4, -0.2) is 15.5 Å². The molecule has 0 saturated carbocycles. The second-order valence-electron chi connectivity index (χ2n) is 4.04. The summed E-state index contributed by atoms with van der Waals surface area (Å²) in [7, 11) is -2.09. The molecule has 1 aromatic heterocycles. The van der Waals surface area contributed by atoms with Gasteiger partial charge < -0.3 is 5.32 Å². The summed E-state index contributed by atoms with van der Waals surface area (Å²) < 4.78 is 52.4. The van der Waals surface area contributed by atoms with E-state index in [0.717, 1.165) is 17.0 Å². The lowest BCUT2D eigenvalue weighted by atomic mass is 10.3. The highest BCUT2D eigenvalue weighted by Gasteiger charge is 2.17. The number of sulfonamides is 1. The maximum absolute atomic E-state index is 13.0. The minimum absolute atomic E-state index is 0.0671. The number of hydrogen-bond acceptors (Lipinski definition) is 4. The van der Waals surface area contributed by atoms with E-state index in [4.69, 9.17) is 0 Å². The van der Waals surface area contributed by atoms with Gasteiger partial charge >= 0.3 is 0 Å². The third-order valence-corrected chi connectivity index (χ3v) is 4.85. The Hall–Kier alpha value is -1.51. The number of hydrogen-bond donors (Lipinski definition) is 2. The summed E-state index contributed by atoms with van der Waals surface area (Å²) in [6.45, 7) is 0.550. The van der Waals surface area contributed by atoms with Gasteiger partial charge in [-0.15, -0.1) is 11.3 Å². The molecule has 0 aliphatic heterocycles. The molecule has 2 N–H and O–H groups in total. The summed E-state index contributed by atoms with van der Waals surface area (Å²) in [5.74, 6) is -1.69. The van der Waals surface area contributed by atoms with Gasteiger partial charge in [0.05, 0.1) is 10.6 Å². The van der Waals surface area contributed by atoms with Crippen LogP contribution in [0.3, 0.4) is 0 Å². The Morgan fingerprint density at radius 3 is 2.40 bits per heavy atom. The molecule has 0 bridgehead atoms. The summed E-state index contributed by atoms with van der Waals surface area (Å²) in [4.78, 5) is 0.913. The summed E-state index contributed by atoms with van der Waals surface area (Å²) in [5, 5.41) is 4.39. The molecule has 0 saturated heterocycles. The molecule has 20 heavy (non-hydrogen) atoms. The molecule has 0 aliphatic carbocycles. The van der Waals surface area contributed by atoms with Crippen LogP contribution in [-0.2, 0) is 16.6 Å². The number of nitrogens with one attached hydrogen (secondary N) is 2. The normalized spacial score (nSPS) is 11.6. The van der Waals surface area contributed by atoms with Crippen molar-refractivity contribution in [1.82, 2.24) is 5.32 Å². The highest BCUT2D eigenvalue weighted by molar-refractivity contribution is 7.92. The van der Waals surface area contributed by atoms with Gasteiger partial charge in [-0.3, -0.25) is 4.72 Å². The van der Waals surface area contributed by atoms with Crippen molar-refractivity contribution in [3.63, 3.8) is 0 Å². The molecule has 0 fully saturated rings. The molecule has 0 unspecified atom stereocenters. The SMILES string of the molecule is CNCc1cc(S(=O)(=O)Nc2cc(F)cc(F)c2)cs1. The zero-order valence-electron chi connectivity index (χ0n) is 10.5. The Labute approximate surface area is 119 Å². The zero-order valence-corrected chi connectivity index (χ0v) is 12.1. The molecule has 0 radical (unpaired) electrons. The lowest BCUT2D eigenvalue weighted by Gasteiger charge is -2.06. The standard InChI is InChI=1S/C12H12F2N2O2S2/c1-15-6-11-5-12(7-19-11)20(17,18)16-10-3-8(13)2-9(14)4-10/h2-5,7,15-16H,6H2,1H3. The minimum Gasteiger partial charge on any atom is -0.315 e. The number of thiophene rings is 1. The fourth-order valence-corrected chi connectivity index (χ4v) is 3.92. The van der Waals surface area contributed by atoms with Gasteiger partial charge in [0.1, 0.15) is 11.6 Å². The van der Waals surface area contributed by atoms with Crippen LogP contribution in [0.2, 0.25) is 0 Å². The number of rotatable bonds is 5. The van der Waals surface area contributed by atoms with Crippen molar-refractivity contribution < 1.29 is 17.2 Å². The molecule has 0 spiro atoms. The van der Waals surface area contributed by atoms with Crippen LogP contribution in [0.1, 0.15) is 4.88 Å². The summed E-state index contributed by atoms with van der Waals surface area (Å²) in [5.41, 5.74) is -0.149. The topological polar surface area (TPSA) is 58.2 Å². The van der Waals surface area contributed by atoms with Gasteiger partial charge in [-0.05, 0) is 25.2 Å². The second kappa shape index (κ2) is 5.86. The van der Waals surface area contributed by atoms with Crippen LogP contribution in [0.4, 0.5) is 14.5 Å². The predicted octanol–water partition coefficient (Wildman–Crippen LogP) is 2.55. The van der Waals surface area contributed by atoms with Crippen LogP contribution in [0.5, 0.6) is 0 Å². The first-order chi connectivity index (χ1) is 9.40. The molecule has 108 valence electrons. The summed E-state index contributed by atoms with van der Waals surface area (Å²) in [6, 6.07) is 4.02. The van der Waals surface area contributed by atoms with Crippen LogP contribution < -0.4 is 10.0 Å². The Bertz CT molecular complexity index is 694. The second-order valence-corrected chi connectivity index (χ2v) is 6.72. The van der Waals surface area contributed by atoms with E-state index in [0.29, 0.717) is 12.6 Å². The minimum atomic E-state index is -3.85. The maximum Gasteiger partial charge on any atom is 0.262 e. The van der Waals surface area contributed by atoms with Gasteiger partial charge in [-0.2, -0.15) is 0 Å². The number of benzene rings is 1. The third-order valence-electron chi connectivity index (χ3n) is 2.41. The van der Waals surface area contributed by atoms with E-state index in [1.807, 2.05) is 0 Å². The van der Waals surface area contributed by atoms with E-state index in [1.54, 1.807) is 7.05 Å². The lowest BCUT2D eigenvalue weighted by Crippen LogP contribution is -2.12. The maximum atomic E-state index is 13.0. The quantitative estimate of drug-likeness (QED) is 0.891. The van der Waals surface area contributed by atoms with Gasteiger partial charge in [-0.25, -0.2) is 17.2 Å². The first-order valence-corrected chi connectivity index (χ1v) is 7.98. The molecule has 0 amide bonds. The first-order valence-electron chi connectivity index (χ1n) is 5.61. The Kier molecular flexibility index (Phi) is 4.36. The highest BCUT2D eigenvalue weighted by Crippen LogP contribution is 2.22. The van der Waals surface area contributed by atoms with Gasteiger partial charge in [0.15, 0.2) is 0 Å². The van der Waals surface area contributed by atoms with Crippen LogP contribution in [0.15, 0.2) is 34.5 Å². The number of anilines is 1. The van der Waals surface area contributed by atoms with Crippen molar-refractivity contribution in [2.24, 2.45) is 0 Å². The molecular weight excluding hydrogens is 306 g/mol. The van der Waals surface area contributed by atoms with Gasteiger partial charge in [0.25, 0.3) is 10.0 Å². The first kappa shape index (κ1) is 14.9. The third kappa shape index (κ3) is 3.53. The van der Waals surface area contributed by atoms with Crippen molar-refractivity contribution in [2.75, 3.05) is 11.8 Å². The molecule has 0 atom stereocenters. The molecule has 8 heteroatoms. The van der Waals surface area contributed by atoms with Crippen molar-refractivity contribution in [3.8, 4) is 0 Å². The average Bonchev–Trinajstić information content (AvgIpc) is 2.76.